The molecule has 0 radical (unpaired) electrons. The Morgan fingerprint density at radius 2 is 1.83 bits per heavy atom. The first kappa shape index (κ1) is 12.8. The second kappa shape index (κ2) is 3.95. The highest BCUT2D eigenvalue weighted by atomic mass is 16.3. The lowest BCUT2D eigenvalue weighted by molar-refractivity contribution is 0.0620. The zero-order valence-corrected chi connectivity index (χ0v) is 11.6. The maximum Gasteiger partial charge on any atom is 0.151 e. The van der Waals surface area contributed by atoms with Crippen LogP contribution < -0.4 is 5.73 Å². The van der Waals surface area contributed by atoms with E-state index >= 15 is 0 Å². The van der Waals surface area contributed by atoms with Crippen molar-refractivity contribution in [1.29, 1.82) is 0 Å². The smallest absolute Gasteiger partial charge is 0.151 e. The van der Waals surface area contributed by atoms with Crippen molar-refractivity contribution in [3.8, 4) is 0 Å². The number of imidazole rings is 1. The first-order valence-corrected chi connectivity index (χ1v) is 6.02. The van der Waals surface area contributed by atoms with E-state index in [1.165, 1.54) is 0 Å². The molecule has 0 aliphatic heterocycles. The fraction of sp³-hybridized carbons (Fsp3) is 0.538. The van der Waals surface area contributed by atoms with Gasteiger partial charge in [0.25, 0.3) is 0 Å². The van der Waals surface area contributed by atoms with Gasteiger partial charge in [-0.15, -0.1) is 0 Å². The second-order valence-electron chi connectivity index (χ2n) is 5.46. The van der Waals surface area contributed by atoms with E-state index in [2.05, 4.69) is 9.97 Å². The molecule has 0 spiro atoms. The van der Waals surface area contributed by atoms with Gasteiger partial charge in [0.1, 0.15) is 11.3 Å². The summed E-state index contributed by atoms with van der Waals surface area (Å²) in [6, 6.07) is 0. The standard InChI is InChI=1S/C13H20N4O/c1-7-8(2)15-12(14)10-11(7)17(9(3)16-10)6-13(4,5)18/h18H,6H2,1-5H3,(H2,14,15). The number of aliphatic hydroxyl groups is 1. The molecule has 0 aliphatic carbocycles. The summed E-state index contributed by atoms with van der Waals surface area (Å²) in [7, 11) is 0. The number of rotatable bonds is 2. The van der Waals surface area contributed by atoms with Gasteiger partial charge in [0.15, 0.2) is 5.82 Å². The number of nitrogens with zero attached hydrogens (tertiary/aromatic N) is 3. The lowest BCUT2D eigenvalue weighted by Gasteiger charge is -2.20. The minimum absolute atomic E-state index is 0.450. The van der Waals surface area contributed by atoms with Crippen molar-refractivity contribution in [3.05, 3.63) is 17.1 Å². The Labute approximate surface area is 107 Å². The Bertz CT molecular complexity index is 608. The van der Waals surface area contributed by atoms with Crippen molar-refractivity contribution < 1.29 is 5.11 Å². The van der Waals surface area contributed by atoms with Gasteiger partial charge in [0.2, 0.25) is 0 Å². The average molecular weight is 248 g/mol. The molecule has 5 nitrogen and oxygen atoms in total. The summed E-state index contributed by atoms with van der Waals surface area (Å²) < 4.78 is 2.01. The van der Waals surface area contributed by atoms with Crippen molar-refractivity contribution >= 4 is 16.9 Å². The predicted molar refractivity (Wildman–Crippen MR) is 72.4 cm³/mol. The molecule has 0 aromatic carbocycles. The number of aryl methyl sites for hydroxylation is 3. The average Bonchev–Trinajstić information content (AvgIpc) is 2.52. The van der Waals surface area contributed by atoms with Crippen molar-refractivity contribution in [2.45, 2.75) is 46.8 Å². The van der Waals surface area contributed by atoms with Crippen LogP contribution in [0.3, 0.4) is 0 Å². The molecule has 0 saturated carbocycles. The number of anilines is 1. The number of hydrogen-bond acceptors (Lipinski definition) is 4. The largest absolute Gasteiger partial charge is 0.389 e. The van der Waals surface area contributed by atoms with Crippen LogP contribution in [-0.2, 0) is 6.54 Å². The summed E-state index contributed by atoms with van der Waals surface area (Å²) in [5.41, 5.74) is 8.78. The molecule has 0 fully saturated rings. The zero-order valence-electron chi connectivity index (χ0n) is 11.6. The number of aromatic nitrogens is 3. The fourth-order valence-corrected chi connectivity index (χ4v) is 2.19. The first-order valence-electron chi connectivity index (χ1n) is 6.02. The summed E-state index contributed by atoms with van der Waals surface area (Å²) in [4.78, 5) is 8.75. The third-order valence-electron chi connectivity index (χ3n) is 3.13. The molecule has 2 aromatic heterocycles. The Morgan fingerprint density at radius 1 is 1.22 bits per heavy atom. The molecule has 3 N–H and O–H groups in total. The van der Waals surface area contributed by atoms with Gasteiger partial charge in [-0.05, 0) is 40.2 Å². The molecule has 18 heavy (non-hydrogen) atoms. The van der Waals surface area contributed by atoms with Crippen molar-refractivity contribution in [1.82, 2.24) is 14.5 Å². The normalized spacial score (nSPS) is 12.3. The van der Waals surface area contributed by atoms with Gasteiger partial charge >= 0.3 is 0 Å². The fourth-order valence-electron chi connectivity index (χ4n) is 2.19. The van der Waals surface area contributed by atoms with Gasteiger partial charge < -0.3 is 15.4 Å². The summed E-state index contributed by atoms with van der Waals surface area (Å²) >= 11 is 0. The maximum atomic E-state index is 10.0. The highest BCUT2D eigenvalue weighted by molar-refractivity contribution is 5.88. The molecule has 0 bridgehead atoms. The van der Waals surface area contributed by atoms with Gasteiger partial charge in [0, 0.05) is 5.69 Å². The molecular weight excluding hydrogens is 228 g/mol. The summed E-state index contributed by atoms with van der Waals surface area (Å²) in [6.45, 7) is 9.91. The molecule has 2 rings (SSSR count). The van der Waals surface area contributed by atoms with Crippen LogP contribution in [0.15, 0.2) is 0 Å². The van der Waals surface area contributed by atoms with Gasteiger partial charge in [0.05, 0.1) is 17.7 Å². The number of nitrogens with two attached hydrogens (primary N) is 1. The molecule has 98 valence electrons. The van der Waals surface area contributed by atoms with Gasteiger partial charge in [-0.25, -0.2) is 9.97 Å². The van der Waals surface area contributed by atoms with E-state index in [4.69, 9.17) is 5.73 Å². The Morgan fingerprint density at radius 3 is 2.39 bits per heavy atom. The van der Waals surface area contributed by atoms with Crippen LogP contribution in [-0.4, -0.2) is 25.2 Å². The Hall–Kier alpha value is -1.62. The first-order chi connectivity index (χ1) is 8.20. The number of nitrogen functional groups attached to an aromatic ring is 1. The molecule has 2 heterocycles. The molecular formula is C13H20N4O. The molecule has 2 aromatic rings. The van der Waals surface area contributed by atoms with Crippen molar-refractivity contribution in [3.63, 3.8) is 0 Å². The zero-order chi connectivity index (χ0) is 13.7. The van der Waals surface area contributed by atoms with E-state index < -0.39 is 5.60 Å². The van der Waals surface area contributed by atoms with Gasteiger partial charge in [-0.1, -0.05) is 0 Å². The van der Waals surface area contributed by atoms with Crippen LogP contribution in [0.4, 0.5) is 5.82 Å². The van der Waals surface area contributed by atoms with Crippen LogP contribution in [0.2, 0.25) is 0 Å². The number of hydrogen-bond donors (Lipinski definition) is 2. The maximum absolute atomic E-state index is 10.0. The lowest BCUT2D eigenvalue weighted by atomic mass is 10.1. The van der Waals surface area contributed by atoms with Gasteiger partial charge in [-0.3, -0.25) is 0 Å². The monoisotopic (exact) mass is 248 g/mol. The van der Waals surface area contributed by atoms with Crippen LogP contribution in [0.5, 0.6) is 0 Å². The topological polar surface area (TPSA) is 77.0 Å². The van der Waals surface area contributed by atoms with Crippen LogP contribution in [0.1, 0.15) is 30.9 Å². The third-order valence-corrected chi connectivity index (χ3v) is 3.13. The summed E-state index contributed by atoms with van der Waals surface area (Å²) in [6.07, 6.45) is 0. The SMILES string of the molecule is Cc1nc(N)c2nc(C)n(CC(C)(C)O)c2c1C. The van der Waals surface area contributed by atoms with E-state index in [0.717, 1.165) is 28.1 Å². The minimum atomic E-state index is -0.795. The van der Waals surface area contributed by atoms with E-state index in [9.17, 15) is 5.11 Å². The van der Waals surface area contributed by atoms with E-state index in [-0.39, 0.29) is 0 Å². The predicted octanol–water partition coefficient (Wildman–Crippen LogP) is 1.71. The molecule has 0 aliphatic rings. The van der Waals surface area contributed by atoms with Crippen molar-refractivity contribution in [2.75, 3.05) is 5.73 Å². The van der Waals surface area contributed by atoms with Gasteiger partial charge in [-0.2, -0.15) is 0 Å². The minimum Gasteiger partial charge on any atom is -0.389 e. The molecule has 0 atom stereocenters. The molecule has 0 saturated heterocycles. The number of fused-ring (bicyclic) bond motifs is 1. The number of pyridine rings is 1. The third kappa shape index (κ3) is 2.06. The van der Waals surface area contributed by atoms with E-state index in [1.54, 1.807) is 13.8 Å². The van der Waals surface area contributed by atoms with Crippen LogP contribution in [0, 0.1) is 20.8 Å². The van der Waals surface area contributed by atoms with E-state index in [0.29, 0.717) is 12.4 Å². The quantitative estimate of drug-likeness (QED) is 0.848. The lowest BCUT2D eigenvalue weighted by Crippen LogP contribution is -2.26. The Balaban J connectivity index is 2.77. The highest BCUT2D eigenvalue weighted by Crippen LogP contribution is 2.26. The summed E-state index contributed by atoms with van der Waals surface area (Å²) in [5, 5.41) is 10.0. The summed E-state index contributed by atoms with van der Waals surface area (Å²) in [5.74, 6) is 1.29. The molecule has 0 amide bonds. The molecule has 5 heteroatoms. The molecule has 0 unspecified atom stereocenters. The van der Waals surface area contributed by atoms with Crippen LogP contribution in [0.25, 0.3) is 11.0 Å². The van der Waals surface area contributed by atoms with E-state index in [1.807, 2.05) is 25.3 Å². The van der Waals surface area contributed by atoms with Crippen molar-refractivity contribution in [2.24, 2.45) is 0 Å². The second-order valence-corrected chi connectivity index (χ2v) is 5.46. The Kier molecular flexibility index (Phi) is 2.81. The van der Waals surface area contributed by atoms with Crippen LogP contribution >= 0.6 is 0 Å². The highest BCUT2D eigenvalue weighted by Gasteiger charge is 2.20.